The molecular formula is C16H13ClF2N2. The fourth-order valence-electron chi connectivity index (χ4n) is 2.42. The molecule has 0 unspecified atom stereocenters. The van der Waals surface area contributed by atoms with E-state index in [9.17, 15) is 8.78 Å². The molecule has 0 aliphatic heterocycles. The second-order valence-corrected chi connectivity index (χ2v) is 5.27. The third-order valence-corrected chi connectivity index (χ3v) is 3.54. The van der Waals surface area contributed by atoms with Gasteiger partial charge >= 0.3 is 0 Å². The second-order valence-electron chi connectivity index (χ2n) is 4.89. The number of hydrogen-bond donors (Lipinski definition) is 0. The van der Waals surface area contributed by atoms with Crippen molar-refractivity contribution in [2.45, 2.75) is 13.3 Å². The molecule has 0 aliphatic rings. The lowest BCUT2D eigenvalue weighted by molar-refractivity contribution is 0.577. The summed E-state index contributed by atoms with van der Waals surface area (Å²) in [4.78, 5) is 4.50. The Bertz CT molecular complexity index is 811. The molecule has 108 valence electrons. The minimum atomic E-state index is -0.619. The van der Waals surface area contributed by atoms with Crippen molar-refractivity contribution < 1.29 is 8.78 Å². The van der Waals surface area contributed by atoms with Crippen LogP contribution in [0.25, 0.3) is 16.7 Å². The minimum Gasteiger partial charge on any atom is -0.293 e. The number of hydrogen-bond acceptors (Lipinski definition) is 1. The quantitative estimate of drug-likeness (QED) is 0.656. The molecule has 5 heteroatoms. The number of imidazole rings is 1. The van der Waals surface area contributed by atoms with Gasteiger partial charge in [-0.05, 0) is 36.8 Å². The fourth-order valence-corrected chi connectivity index (χ4v) is 2.59. The van der Waals surface area contributed by atoms with Crippen LogP contribution in [0, 0.1) is 18.6 Å². The summed E-state index contributed by atoms with van der Waals surface area (Å²) in [6, 6.07) is 9.31. The number of rotatable bonds is 3. The summed E-state index contributed by atoms with van der Waals surface area (Å²) in [7, 11) is 0. The van der Waals surface area contributed by atoms with Crippen LogP contribution >= 0.6 is 11.6 Å². The Kier molecular flexibility index (Phi) is 3.64. The Morgan fingerprint density at radius 1 is 1.14 bits per heavy atom. The highest BCUT2D eigenvalue weighted by molar-refractivity contribution is 6.17. The van der Waals surface area contributed by atoms with Gasteiger partial charge in [-0.25, -0.2) is 13.8 Å². The molecule has 0 N–H and O–H groups in total. The monoisotopic (exact) mass is 306 g/mol. The Morgan fingerprint density at radius 3 is 2.67 bits per heavy atom. The van der Waals surface area contributed by atoms with E-state index < -0.39 is 11.6 Å². The zero-order chi connectivity index (χ0) is 15.0. The molecular weight excluding hydrogens is 294 g/mol. The van der Waals surface area contributed by atoms with Crippen molar-refractivity contribution in [3.05, 3.63) is 59.4 Å². The highest BCUT2D eigenvalue weighted by atomic mass is 35.5. The molecule has 2 nitrogen and oxygen atoms in total. The zero-order valence-corrected chi connectivity index (χ0v) is 12.2. The van der Waals surface area contributed by atoms with Gasteiger partial charge in [-0.3, -0.25) is 4.57 Å². The van der Waals surface area contributed by atoms with Gasteiger partial charge in [0.1, 0.15) is 17.5 Å². The number of aryl methyl sites for hydroxylation is 2. The maximum atomic E-state index is 14.1. The van der Waals surface area contributed by atoms with Gasteiger partial charge in [0, 0.05) is 18.4 Å². The van der Waals surface area contributed by atoms with Crippen molar-refractivity contribution in [1.29, 1.82) is 0 Å². The van der Waals surface area contributed by atoms with Crippen LogP contribution in [0.1, 0.15) is 11.4 Å². The van der Waals surface area contributed by atoms with Crippen LogP contribution in [0.15, 0.2) is 36.4 Å². The van der Waals surface area contributed by atoms with Crippen LogP contribution < -0.4 is 0 Å². The first-order chi connectivity index (χ1) is 10.1. The first-order valence-electron chi connectivity index (χ1n) is 6.59. The van der Waals surface area contributed by atoms with Crippen LogP contribution in [0.4, 0.5) is 8.78 Å². The van der Waals surface area contributed by atoms with Crippen LogP contribution in [0.2, 0.25) is 0 Å². The molecule has 0 aliphatic carbocycles. The molecule has 0 saturated heterocycles. The topological polar surface area (TPSA) is 17.8 Å². The molecule has 1 aromatic heterocycles. The molecule has 2 aromatic carbocycles. The van der Waals surface area contributed by atoms with Crippen molar-refractivity contribution in [1.82, 2.24) is 9.55 Å². The van der Waals surface area contributed by atoms with E-state index in [-0.39, 0.29) is 5.69 Å². The van der Waals surface area contributed by atoms with Crippen LogP contribution in [0.5, 0.6) is 0 Å². The smallest absolute Gasteiger partial charge is 0.150 e. The Morgan fingerprint density at radius 2 is 1.95 bits per heavy atom. The van der Waals surface area contributed by atoms with Gasteiger partial charge < -0.3 is 0 Å². The molecule has 0 radical (unpaired) electrons. The number of aromatic nitrogens is 2. The van der Waals surface area contributed by atoms with Crippen LogP contribution in [-0.2, 0) is 6.42 Å². The van der Waals surface area contributed by atoms with E-state index in [2.05, 4.69) is 4.98 Å². The van der Waals surface area contributed by atoms with Gasteiger partial charge in [0.25, 0.3) is 0 Å². The Balaban J connectivity index is 2.32. The molecule has 3 aromatic rings. The van der Waals surface area contributed by atoms with Gasteiger partial charge in [0.15, 0.2) is 0 Å². The summed E-state index contributed by atoms with van der Waals surface area (Å²) in [5, 5.41) is 0. The standard InChI is InChI=1S/C16H13ClF2N2/c1-10-2-4-13-15(8-10)21(16(20-13)6-7-17)14-5-3-11(18)9-12(14)19/h2-5,8-9H,6-7H2,1H3. The SMILES string of the molecule is Cc1ccc2nc(CCCl)n(-c3ccc(F)cc3F)c2c1. The number of alkyl halides is 1. The average Bonchev–Trinajstić information content (AvgIpc) is 2.77. The van der Waals surface area contributed by atoms with Crippen molar-refractivity contribution in [2.75, 3.05) is 5.88 Å². The van der Waals surface area contributed by atoms with E-state index in [0.29, 0.717) is 18.1 Å². The van der Waals surface area contributed by atoms with Gasteiger partial charge in [0.2, 0.25) is 0 Å². The summed E-state index contributed by atoms with van der Waals surface area (Å²) in [5.41, 5.74) is 2.89. The van der Waals surface area contributed by atoms with E-state index in [1.54, 1.807) is 4.57 Å². The summed E-state index contributed by atoms with van der Waals surface area (Å²) in [5.74, 6) is -0.177. The normalized spacial score (nSPS) is 11.2. The minimum absolute atomic E-state index is 0.282. The van der Waals surface area contributed by atoms with Crippen LogP contribution in [-0.4, -0.2) is 15.4 Å². The number of nitrogens with zero attached hydrogens (tertiary/aromatic N) is 2. The Labute approximate surface area is 126 Å². The fraction of sp³-hybridized carbons (Fsp3) is 0.188. The molecule has 1 heterocycles. The van der Waals surface area contributed by atoms with E-state index in [1.165, 1.54) is 12.1 Å². The van der Waals surface area contributed by atoms with Crippen molar-refractivity contribution in [3.63, 3.8) is 0 Å². The van der Waals surface area contributed by atoms with Gasteiger partial charge in [0.05, 0.1) is 16.7 Å². The van der Waals surface area contributed by atoms with E-state index >= 15 is 0 Å². The highest BCUT2D eigenvalue weighted by Crippen LogP contribution is 2.25. The predicted octanol–water partition coefficient (Wildman–Crippen LogP) is 4.39. The maximum Gasteiger partial charge on any atom is 0.150 e. The first kappa shape index (κ1) is 14.0. The third-order valence-electron chi connectivity index (χ3n) is 3.35. The maximum absolute atomic E-state index is 14.1. The summed E-state index contributed by atoms with van der Waals surface area (Å²) >= 11 is 5.81. The highest BCUT2D eigenvalue weighted by Gasteiger charge is 2.15. The van der Waals surface area contributed by atoms with Crippen LogP contribution in [0.3, 0.4) is 0 Å². The number of fused-ring (bicyclic) bond motifs is 1. The van der Waals surface area contributed by atoms with Gasteiger partial charge in [-0.1, -0.05) is 6.07 Å². The molecule has 0 atom stereocenters. The molecule has 0 spiro atoms. The summed E-state index contributed by atoms with van der Waals surface area (Å²) < 4.78 is 29.0. The van der Waals surface area contributed by atoms with E-state index in [4.69, 9.17) is 11.6 Å². The molecule has 21 heavy (non-hydrogen) atoms. The van der Waals surface area contributed by atoms with Gasteiger partial charge in [-0.15, -0.1) is 11.6 Å². The number of halogens is 3. The zero-order valence-electron chi connectivity index (χ0n) is 11.4. The van der Waals surface area contributed by atoms with Crippen molar-refractivity contribution in [2.24, 2.45) is 0 Å². The number of benzene rings is 2. The molecule has 0 bridgehead atoms. The average molecular weight is 307 g/mol. The van der Waals surface area contributed by atoms with E-state index in [0.717, 1.165) is 22.7 Å². The van der Waals surface area contributed by atoms with Crippen molar-refractivity contribution in [3.8, 4) is 5.69 Å². The van der Waals surface area contributed by atoms with Gasteiger partial charge in [-0.2, -0.15) is 0 Å². The summed E-state index contributed by atoms with van der Waals surface area (Å²) in [6.07, 6.45) is 0.506. The van der Waals surface area contributed by atoms with E-state index in [1.807, 2.05) is 25.1 Å². The molecule has 0 saturated carbocycles. The first-order valence-corrected chi connectivity index (χ1v) is 7.13. The Hall–Kier alpha value is -1.94. The third kappa shape index (κ3) is 2.51. The molecule has 3 rings (SSSR count). The lowest BCUT2D eigenvalue weighted by Gasteiger charge is -2.10. The largest absolute Gasteiger partial charge is 0.293 e. The predicted molar refractivity (Wildman–Crippen MR) is 80.1 cm³/mol. The lowest BCUT2D eigenvalue weighted by Crippen LogP contribution is -2.04. The van der Waals surface area contributed by atoms with Crippen molar-refractivity contribution >= 4 is 22.6 Å². The molecule has 0 amide bonds. The second kappa shape index (κ2) is 5.45. The molecule has 0 fully saturated rings. The lowest BCUT2D eigenvalue weighted by atomic mass is 10.2. The summed E-state index contributed by atoms with van der Waals surface area (Å²) in [6.45, 7) is 1.96.